The van der Waals surface area contributed by atoms with Crippen molar-refractivity contribution in [2.45, 2.75) is 0 Å². The fraction of sp³-hybridized carbons (Fsp3) is 0. The molecule has 0 N–H and O–H groups in total. The monoisotopic (exact) mass is 382 g/mol. The van der Waals surface area contributed by atoms with E-state index in [2.05, 4.69) is 0 Å². The summed E-state index contributed by atoms with van der Waals surface area (Å²) >= 11 is 0. The third-order valence-corrected chi connectivity index (χ3v) is 0. The van der Waals surface area contributed by atoms with Gasteiger partial charge in [0.25, 0.3) is 0 Å². The standard InChI is InChI=1S/3H2O3.U/c3*1-3-2;/h3*1-2H;/q;;;+6/p-6. The average molecular weight is 382 g/mol. The van der Waals surface area contributed by atoms with Gasteiger partial charge in [-0.3, -0.25) is 0 Å². The normalized spacial score (nSPS) is 5.40. The summed E-state index contributed by atoms with van der Waals surface area (Å²) < 4.78 is 0. The Morgan fingerprint density at radius 3 is 0.500 bits per heavy atom. The van der Waals surface area contributed by atoms with Crippen LogP contribution in [0.25, 0.3) is 0 Å². The minimum absolute atomic E-state index is 0. The first-order chi connectivity index (χ1) is 4.24. The van der Waals surface area contributed by atoms with E-state index in [4.69, 9.17) is 31.5 Å². The molecule has 0 aromatic rings. The fourth-order valence-corrected chi connectivity index (χ4v) is 0. The first-order valence-corrected chi connectivity index (χ1v) is 1.00. The Morgan fingerprint density at radius 1 is 0.500 bits per heavy atom. The van der Waals surface area contributed by atoms with E-state index < -0.39 is 0 Å². The molecule has 0 radical (unpaired) electrons. The van der Waals surface area contributed by atoms with Crippen molar-refractivity contribution in [2.75, 3.05) is 0 Å². The van der Waals surface area contributed by atoms with Gasteiger partial charge in [-0.1, -0.05) is 0 Å². The Balaban J connectivity index is -0.0000000257. The molecule has 0 aliphatic carbocycles. The van der Waals surface area contributed by atoms with Crippen molar-refractivity contribution in [1.82, 2.24) is 0 Å². The Bertz CT molecular complexity index is 9.44. The Hall–Kier alpha value is 0.692. The third-order valence-electron chi connectivity index (χ3n) is 0. The molecule has 0 aliphatic heterocycles. The van der Waals surface area contributed by atoms with Crippen LogP contribution < -0.4 is 31.5 Å². The van der Waals surface area contributed by atoms with E-state index in [0.717, 1.165) is 0 Å². The van der Waals surface area contributed by atoms with E-state index >= 15 is 0 Å². The summed E-state index contributed by atoms with van der Waals surface area (Å²) in [7, 11) is 0. The second-order valence-electron chi connectivity index (χ2n) is 0.204. The van der Waals surface area contributed by atoms with Crippen molar-refractivity contribution < 1.29 is 77.8 Å². The molecule has 0 saturated heterocycles. The maximum Gasteiger partial charge on any atom is 6.00 e. The van der Waals surface area contributed by atoms with E-state index in [9.17, 15) is 0 Å². The second kappa shape index (κ2) is 53.7. The molecule has 0 spiro atoms. The van der Waals surface area contributed by atoms with Gasteiger partial charge in [0.05, 0.1) is 0 Å². The quantitative estimate of drug-likeness (QED) is 0.292. The molecule has 0 amide bonds. The van der Waals surface area contributed by atoms with E-state index in [-0.39, 0.29) is 31.1 Å². The predicted molar refractivity (Wildman–Crippen MR) is 3.25 cm³/mol. The predicted octanol–water partition coefficient (Wildman–Crippen LogP) is -7.34. The van der Waals surface area contributed by atoms with Crippen molar-refractivity contribution in [2.24, 2.45) is 0 Å². The molecule has 10 heteroatoms. The molecule has 0 fully saturated rings. The first-order valence-electron chi connectivity index (χ1n) is 1.00. The zero-order valence-corrected chi connectivity index (χ0v) is 8.34. The van der Waals surface area contributed by atoms with E-state index in [1.807, 2.05) is 0 Å². The molecule has 0 heterocycles. The van der Waals surface area contributed by atoms with Crippen molar-refractivity contribution in [3.8, 4) is 0 Å². The van der Waals surface area contributed by atoms with Gasteiger partial charge in [0, 0.05) is 0 Å². The summed E-state index contributed by atoms with van der Waals surface area (Å²) in [6, 6.07) is 0. The van der Waals surface area contributed by atoms with Gasteiger partial charge in [-0.2, -0.15) is 0 Å². The molecule has 0 unspecified atom stereocenters. The molecule has 0 rings (SSSR count). The molecule has 0 atom stereocenters. The minimum Gasteiger partial charge on any atom is -0.734 e. The summed E-state index contributed by atoms with van der Waals surface area (Å²) in [5.74, 6) is 0. The van der Waals surface area contributed by atoms with Gasteiger partial charge in [0.1, 0.15) is 0 Å². The van der Waals surface area contributed by atoms with Crippen LogP contribution in [0.4, 0.5) is 0 Å². The molecule has 0 aromatic heterocycles. The molecular weight excluding hydrogens is 382 g/mol. The van der Waals surface area contributed by atoms with Crippen LogP contribution in [0, 0.1) is 31.1 Å². The summed E-state index contributed by atoms with van der Waals surface area (Å²) in [5.41, 5.74) is 0. The second-order valence-corrected chi connectivity index (χ2v) is 0.204. The van der Waals surface area contributed by atoms with Crippen LogP contribution in [-0.2, 0) is 15.1 Å². The van der Waals surface area contributed by atoms with Crippen molar-refractivity contribution in [3.63, 3.8) is 0 Å². The topological polar surface area (TPSA) is 166 Å². The summed E-state index contributed by atoms with van der Waals surface area (Å²) in [6.45, 7) is 0. The third kappa shape index (κ3) is 1070. The summed E-state index contributed by atoms with van der Waals surface area (Å²) in [6.07, 6.45) is 0. The van der Waals surface area contributed by atoms with Gasteiger partial charge in [-0.05, 0) is 0 Å². The van der Waals surface area contributed by atoms with Gasteiger partial charge >= 0.3 is 31.1 Å². The van der Waals surface area contributed by atoms with Crippen LogP contribution in [0.1, 0.15) is 0 Å². The summed E-state index contributed by atoms with van der Waals surface area (Å²) in [4.78, 5) is 0. The Labute approximate surface area is 77.9 Å². The van der Waals surface area contributed by atoms with E-state index in [1.165, 1.54) is 0 Å². The largest absolute Gasteiger partial charge is 6.00 e. The SMILES string of the molecule is [O-]O[O-].[O-]O[O-].[O-]O[O-].[U+6]. The molecule has 0 aromatic carbocycles. The fourth-order valence-electron chi connectivity index (χ4n) is 0. The average Bonchev–Trinajstić information content (AvgIpc) is 1.70. The molecule has 0 aliphatic rings. The Kier molecular flexibility index (Phi) is 120. The number of rotatable bonds is 0. The first kappa shape index (κ1) is 22.4. The van der Waals surface area contributed by atoms with Crippen LogP contribution in [0.2, 0.25) is 0 Å². The zero-order valence-electron chi connectivity index (χ0n) is 4.17. The summed E-state index contributed by atoms with van der Waals surface area (Å²) in [5, 5.41) is 52.5. The zero-order chi connectivity index (χ0) is 8.12. The molecule has 10 heavy (non-hydrogen) atoms. The minimum atomic E-state index is 0. The van der Waals surface area contributed by atoms with Crippen molar-refractivity contribution >= 4 is 0 Å². The van der Waals surface area contributed by atoms with E-state index in [0.29, 0.717) is 0 Å². The Morgan fingerprint density at radius 2 is 0.500 bits per heavy atom. The molecule has 58 valence electrons. The van der Waals surface area contributed by atoms with Crippen molar-refractivity contribution in [3.05, 3.63) is 0 Å². The van der Waals surface area contributed by atoms with Gasteiger partial charge in [-0.15, -0.1) is 0 Å². The van der Waals surface area contributed by atoms with Crippen molar-refractivity contribution in [1.29, 1.82) is 0 Å². The van der Waals surface area contributed by atoms with Gasteiger partial charge in [0.15, 0.2) is 0 Å². The van der Waals surface area contributed by atoms with Gasteiger partial charge in [-0.25, -0.2) is 0 Å². The van der Waals surface area contributed by atoms with Crippen LogP contribution in [0.15, 0.2) is 0 Å². The van der Waals surface area contributed by atoms with Crippen LogP contribution in [0.5, 0.6) is 0 Å². The van der Waals surface area contributed by atoms with Crippen LogP contribution >= 0.6 is 0 Å². The molecule has 0 bridgehead atoms. The number of hydrogen-bond donors (Lipinski definition) is 0. The molecular formula is O9U. The van der Waals surface area contributed by atoms with E-state index in [1.54, 1.807) is 15.1 Å². The molecule has 9 nitrogen and oxygen atoms in total. The smallest absolute Gasteiger partial charge is 0.734 e. The maximum atomic E-state index is 7.88. The van der Waals surface area contributed by atoms with Gasteiger partial charge < -0.3 is 46.7 Å². The van der Waals surface area contributed by atoms with Crippen LogP contribution in [0.3, 0.4) is 0 Å². The van der Waals surface area contributed by atoms with Gasteiger partial charge in [0.2, 0.25) is 0 Å². The maximum absolute atomic E-state index is 7.88. The number of hydrogen-bond acceptors (Lipinski definition) is 9. The molecule has 0 saturated carbocycles. The van der Waals surface area contributed by atoms with Crippen LogP contribution in [-0.4, -0.2) is 0 Å².